The molecular weight excluding hydrogens is 454 g/mol. The molecule has 1 spiro atoms. The van der Waals surface area contributed by atoms with Crippen LogP contribution in [0.25, 0.3) is 10.8 Å². The van der Waals surface area contributed by atoms with Gasteiger partial charge in [-0.3, -0.25) is 14.6 Å². The molecule has 3 aliphatic rings. The maximum Gasteiger partial charge on any atom is 0.253 e. The lowest BCUT2D eigenvalue weighted by Crippen LogP contribution is -2.46. The molecule has 5 nitrogen and oxygen atoms in total. The summed E-state index contributed by atoms with van der Waals surface area (Å²) in [5.74, 6) is 0.826. The van der Waals surface area contributed by atoms with E-state index >= 15 is 0 Å². The lowest BCUT2D eigenvalue weighted by atomic mass is 9.68. The molecule has 0 radical (unpaired) electrons. The third kappa shape index (κ3) is 4.00. The predicted octanol–water partition coefficient (Wildman–Crippen LogP) is 6.23. The Kier molecular flexibility index (Phi) is 5.19. The van der Waals surface area contributed by atoms with Crippen LogP contribution in [0.1, 0.15) is 101 Å². The van der Waals surface area contributed by atoms with Crippen molar-refractivity contribution in [2.75, 3.05) is 13.1 Å². The zero-order valence-corrected chi connectivity index (χ0v) is 21.9. The van der Waals surface area contributed by atoms with Crippen molar-refractivity contribution in [2.24, 2.45) is 5.41 Å². The number of fused-ring (bicyclic) bond motifs is 2. The van der Waals surface area contributed by atoms with Crippen LogP contribution >= 0.6 is 11.3 Å². The topological polar surface area (TPSA) is 63.2 Å². The van der Waals surface area contributed by atoms with Crippen LogP contribution in [-0.4, -0.2) is 39.6 Å². The van der Waals surface area contributed by atoms with E-state index in [9.17, 15) is 9.59 Å². The summed E-state index contributed by atoms with van der Waals surface area (Å²) in [6.07, 6.45) is 7.49. The number of nitrogens with zero attached hydrogens (tertiary/aromatic N) is 3. The normalized spacial score (nSPS) is 19.9. The molecule has 0 N–H and O–H groups in total. The summed E-state index contributed by atoms with van der Waals surface area (Å²) in [4.78, 5) is 39.1. The number of carbonyl (C=O) groups excluding carboxylic acids is 2. The number of aromatic nitrogens is 2. The molecule has 2 aromatic heterocycles. The zero-order valence-electron chi connectivity index (χ0n) is 21.1. The van der Waals surface area contributed by atoms with Crippen LogP contribution < -0.4 is 0 Å². The number of rotatable bonds is 2. The van der Waals surface area contributed by atoms with E-state index in [4.69, 9.17) is 4.98 Å². The first kappa shape index (κ1) is 22.8. The summed E-state index contributed by atoms with van der Waals surface area (Å²) in [6.45, 7) is 9.95. The van der Waals surface area contributed by atoms with Gasteiger partial charge < -0.3 is 4.90 Å². The number of benzene rings is 1. The van der Waals surface area contributed by atoms with Gasteiger partial charge in [0.1, 0.15) is 5.69 Å². The van der Waals surface area contributed by atoms with Gasteiger partial charge in [0.2, 0.25) is 0 Å². The largest absolute Gasteiger partial charge is 0.339 e. The van der Waals surface area contributed by atoms with Crippen LogP contribution in [0, 0.1) is 12.3 Å². The van der Waals surface area contributed by atoms with Crippen molar-refractivity contribution >= 4 is 33.8 Å². The Morgan fingerprint density at radius 2 is 1.86 bits per heavy atom. The molecule has 1 saturated carbocycles. The first-order valence-electron chi connectivity index (χ1n) is 12.9. The molecular formula is C29H33N3O2S. The van der Waals surface area contributed by atoms with Crippen molar-refractivity contribution in [1.82, 2.24) is 14.9 Å². The molecule has 6 rings (SSSR count). The van der Waals surface area contributed by atoms with Gasteiger partial charge in [0.15, 0.2) is 5.78 Å². The third-order valence-electron chi connectivity index (χ3n) is 8.11. The summed E-state index contributed by atoms with van der Waals surface area (Å²) in [5, 5.41) is 3.39. The number of piperidine rings is 1. The van der Waals surface area contributed by atoms with Gasteiger partial charge in [-0.2, -0.15) is 0 Å². The number of thiazole rings is 1. The Hall–Kier alpha value is -2.60. The number of aryl methyl sites for hydroxylation is 1. The maximum absolute atomic E-state index is 13.6. The molecule has 0 unspecified atom stereocenters. The summed E-state index contributed by atoms with van der Waals surface area (Å²) in [6, 6.07) is 6.17. The monoisotopic (exact) mass is 487 g/mol. The van der Waals surface area contributed by atoms with E-state index in [1.807, 2.05) is 17.2 Å². The van der Waals surface area contributed by atoms with Crippen LogP contribution in [0.15, 0.2) is 24.4 Å². The minimum absolute atomic E-state index is 0.0368. The van der Waals surface area contributed by atoms with E-state index in [0.717, 1.165) is 51.4 Å². The molecule has 6 heteroatoms. The SMILES string of the molecule is Cc1cc(C(=O)N2CCC3(CC2)CC(=O)c2nc(C(C)(C)C)sc2C3)cc2c(C3CC3)nccc12. The lowest BCUT2D eigenvalue weighted by Gasteiger charge is -2.43. The molecule has 0 atom stereocenters. The van der Waals surface area contributed by atoms with Crippen LogP contribution in [0.4, 0.5) is 0 Å². The van der Waals surface area contributed by atoms with Crippen molar-refractivity contribution in [2.45, 2.75) is 77.6 Å². The van der Waals surface area contributed by atoms with Crippen molar-refractivity contribution in [3.05, 3.63) is 56.8 Å². The quantitative estimate of drug-likeness (QED) is 0.430. The maximum atomic E-state index is 13.6. The van der Waals surface area contributed by atoms with Crippen LogP contribution in [0.3, 0.4) is 0 Å². The van der Waals surface area contributed by atoms with Crippen LogP contribution in [0.5, 0.6) is 0 Å². The molecule has 2 aliphatic carbocycles. The first-order chi connectivity index (χ1) is 16.6. The van der Waals surface area contributed by atoms with Gasteiger partial charge in [-0.15, -0.1) is 11.3 Å². The highest BCUT2D eigenvalue weighted by Gasteiger charge is 2.44. The lowest BCUT2D eigenvalue weighted by molar-refractivity contribution is 0.0522. The number of ketones is 1. The van der Waals surface area contributed by atoms with Crippen molar-refractivity contribution in [3.8, 4) is 0 Å². The van der Waals surface area contributed by atoms with Gasteiger partial charge >= 0.3 is 0 Å². The Balaban J connectivity index is 1.22. The molecule has 3 aromatic rings. The Morgan fingerprint density at radius 3 is 2.54 bits per heavy atom. The molecule has 182 valence electrons. The number of Topliss-reactive ketones (excluding diaryl/α,β-unsaturated/α-hetero) is 1. The Bertz CT molecular complexity index is 1350. The van der Waals surface area contributed by atoms with E-state index in [1.54, 1.807) is 11.3 Å². The third-order valence-corrected chi connectivity index (χ3v) is 9.60. The minimum Gasteiger partial charge on any atom is -0.339 e. The number of hydrogen-bond acceptors (Lipinski definition) is 5. The highest BCUT2D eigenvalue weighted by Crippen LogP contribution is 2.46. The summed E-state index contributed by atoms with van der Waals surface area (Å²) in [7, 11) is 0. The molecule has 0 bridgehead atoms. The number of pyridine rings is 1. The standard InChI is InChI=1S/C29H33N3O2S/c1-17-13-19(14-21-20(17)7-10-30-24(21)18-5-6-18)26(34)32-11-8-29(9-12-32)15-22(33)25-23(16-29)35-27(31-25)28(2,3)4/h7,10,13-14,18H,5-6,8-9,11-12,15-16H2,1-4H3. The number of amides is 1. The van der Waals surface area contributed by atoms with Gasteiger partial charge in [-0.1, -0.05) is 20.8 Å². The minimum atomic E-state index is -0.0435. The van der Waals surface area contributed by atoms with Gasteiger partial charge in [-0.05, 0) is 73.6 Å². The molecule has 3 heterocycles. The van der Waals surface area contributed by atoms with Gasteiger partial charge in [0, 0.05) is 52.9 Å². The molecule has 1 saturated heterocycles. The highest BCUT2D eigenvalue weighted by atomic mass is 32.1. The van der Waals surface area contributed by atoms with Crippen molar-refractivity contribution in [3.63, 3.8) is 0 Å². The van der Waals surface area contributed by atoms with E-state index in [0.29, 0.717) is 31.1 Å². The van der Waals surface area contributed by atoms with E-state index in [-0.39, 0.29) is 22.5 Å². The molecule has 1 aromatic carbocycles. The average Bonchev–Trinajstić information content (AvgIpc) is 3.56. The predicted molar refractivity (Wildman–Crippen MR) is 139 cm³/mol. The molecule has 1 aliphatic heterocycles. The second-order valence-electron chi connectivity index (χ2n) is 12.0. The van der Waals surface area contributed by atoms with Gasteiger partial charge in [-0.25, -0.2) is 4.98 Å². The Labute approximate surface area is 211 Å². The highest BCUT2D eigenvalue weighted by molar-refractivity contribution is 7.12. The van der Waals surface area contributed by atoms with E-state index in [1.165, 1.54) is 18.2 Å². The second-order valence-corrected chi connectivity index (χ2v) is 13.1. The summed E-state index contributed by atoms with van der Waals surface area (Å²) < 4.78 is 0. The fraction of sp³-hybridized carbons (Fsp3) is 0.517. The van der Waals surface area contributed by atoms with E-state index < -0.39 is 0 Å². The molecule has 35 heavy (non-hydrogen) atoms. The first-order valence-corrected chi connectivity index (χ1v) is 13.7. The molecule has 2 fully saturated rings. The number of carbonyl (C=O) groups is 2. The second kappa shape index (κ2) is 7.95. The summed E-state index contributed by atoms with van der Waals surface area (Å²) >= 11 is 1.71. The van der Waals surface area contributed by atoms with Crippen LogP contribution in [-0.2, 0) is 11.8 Å². The Morgan fingerprint density at radius 1 is 1.11 bits per heavy atom. The fourth-order valence-electron chi connectivity index (χ4n) is 5.86. The van der Waals surface area contributed by atoms with E-state index in [2.05, 4.69) is 44.8 Å². The molecule has 1 amide bonds. The summed E-state index contributed by atoms with van der Waals surface area (Å²) in [5.41, 5.74) is 3.67. The smallest absolute Gasteiger partial charge is 0.253 e. The zero-order chi connectivity index (χ0) is 24.5. The average molecular weight is 488 g/mol. The van der Waals surface area contributed by atoms with Crippen molar-refractivity contribution in [1.29, 1.82) is 0 Å². The number of likely N-dealkylation sites (tertiary alicyclic amines) is 1. The van der Waals surface area contributed by atoms with Crippen molar-refractivity contribution < 1.29 is 9.59 Å². The van der Waals surface area contributed by atoms with Gasteiger partial charge in [0.25, 0.3) is 5.91 Å². The van der Waals surface area contributed by atoms with Crippen LogP contribution in [0.2, 0.25) is 0 Å². The number of hydrogen-bond donors (Lipinski definition) is 0. The van der Waals surface area contributed by atoms with Gasteiger partial charge in [0.05, 0.1) is 10.7 Å². The fourth-order valence-corrected chi connectivity index (χ4v) is 7.17.